The number of hydrogen-bond donors (Lipinski definition) is 1. The molecule has 7 nitrogen and oxygen atoms in total. The third kappa shape index (κ3) is 4.21. The van der Waals surface area contributed by atoms with Crippen LogP contribution in [0.4, 0.5) is 29.5 Å². The number of alkyl halides is 3. The van der Waals surface area contributed by atoms with E-state index in [2.05, 4.69) is 19.9 Å². The van der Waals surface area contributed by atoms with Crippen molar-refractivity contribution >= 4 is 29.1 Å². The SMILES string of the molecule is Cc1ccc(-c2ncc(-c3cccc(C(F)(F)F)c3)[nH]2)cc1N1Cc2cnc(Cl)nc2N(C)C1=O. The first-order valence-corrected chi connectivity index (χ1v) is 10.9. The molecule has 0 saturated carbocycles. The summed E-state index contributed by atoms with van der Waals surface area (Å²) in [4.78, 5) is 31.8. The number of anilines is 2. The zero-order valence-corrected chi connectivity index (χ0v) is 19.3. The molecule has 1 aliphatic rings. The largest absolute Gasteiger partial charge is 0.416 e. The monoisotopic (exact) mass is 498 g/mol. The molecule has 0 aliphatic carbocycles. The lowest BCUT2D eigenvalue weighted by Gasteiger charge is -2.34. The van der Waals surface area contributed by atoms with Crippen molar-refractivity contribution in [1.82, 2.24) is 19.9 Å². The number of rotatable bonds is 3. The Morgan fingerprint density at radius 2 is 1.86 bits per heavy atom. The number of benzene rings is 2. The van der Waals surface area contributed by atoms with Crippen molar-refractivity contribution in [3.05, 3.63) is 76.8 Å². The molecule has 5 rings (SSSR count). The number of imidazole rings is 1. The lowest BCUT2D eigenvalue weighted by Crippen LogP contribution is -2.46. The van der Waals surface area contributed by atoms with Crippen molar-refractivity contribution in [1.29, 1.82) is 0 Å². The molecule has 2 aromatic carbocycles. The highest BCUT2D eigenvalue weighted by Gasteiger charge is 2.32. The standard InChI is InChI=1S/C24H18ClF3N6O/c1-13-6-7-15(20-29-11-18(31-20)14-4-3-5-17(8-14)24(26,27)28)9-19(13)34-12-16-10-30-22(25)32-21(16)33(2)23(34)35/h3-11H,12H2,1-2H3,(H,29,31). The number of carbonyl (C=O) groups is 1. The molecule has 0 spiro atoms. The molecule has 0 saturated heterocycles. The molecular formula is C24H18ClF3N6O. The van der Waals surface area contributed by atoms with Crippen LogP contribution in [-0.4, -0.2) is 33.0 Å². The highest BCUT2D eigenvalue weighted by Crippen LogP contribution is 2.35. The van der Waals surface area contributed by atoms with E-state index in [0.29, 0.717) is 34.2 Å². The third-order valence-electron chi connectivity index (χ3n) is 5.83. The summed E-state index contributed by atoms with van der Waals surface area (Å²) in [6.45, 7) is 2.14. The Kier molecular flexibility index (Phi) is 5.47. The molecule has 0 fully saturated rings. The maximum atomic E-state index is 13.1. The molecule has 0 radical (unpaired) electrons. The second kappa shape index (κ2) is 8.38. The molecule has 3 heterocycles. The quantitative estimate of drug-likeness (QED) is 0.347. The summed E-state index contributed by atoms with van der Waals surface area (Å²) in [6.07, 6.45) is -1.36. The van der Waals surface area contributed by atoms with E-state index >= 15 is 0 Å². The number of aromatic nitrogens is 4. The highest BCUT2D eigenvalue weighted by molar-refractivity contribution is 6.28. The number of amides is 2. The molecule has 0 unspecified atom stereocenters. The molecule has 11 heteroatoms. The molecular weight excluding hydrogens is 481 g/mol. The molecule has 35 heavy (non-hydrogen) atoms. The fourth-order valence-corrected chi connectivity index (χ4v) is 4.13. The van der Waals surface area contributed by atoms with Crippen LogP contribution in [0.25, 0.3) is 22.6 Å². The molecule has 1 aliphatic heterocycles. The van der Waals surface area contributed by atoms with Gasteiger partial charge in [-0.2, -0.15) is 18.2 Å². The van der Waals surface area contributed by atoms with Gasteiger partial charge in [-0.05, 0) is 42.3 Å². The van der Waals surface area contributed by atoms with Gasteiger partial charge in [-0.1, -0.05) is 24.3 Å². The molecule has 178 valence electrons. The van der Waals surface area contributed by atoms with Gasteiger partial charge >= 0.3 is 12.2 Å². The first kappa shape index (κ1) is 22.9. The van der Waals surface area contributed by atoms with E-state index in [0.717, 1.165) is 23.3 Å². The van der Waals surface area contributed by atoms with Crippen LogP contribution in [0, 0.1) is 6.92 Å². The van der Waals surface area contributed by atoms with Gasteiger partial charge in [-0.15, -0.1) is 0 Å². The predicted octanol–water partition coefficient (Wildman–Crippen LogP) is 6.09. The molecule has 1 N–H and O–H groups in total. The van der Waals surface area contributed by atoms with Gasteiger partial charge in [0.05, 0.1) is 24.0 Å². The third-order valence-corrected chi connectivity index (χ3v) is 6.01. The van der Waals surface area contributed by atoms with Crippen LogP contribution in [0.15, 0.2) is 54.9 Å². The summed E-state index contributed by atoms with van der Waals surface area (Å²) in [5.41, 5.74) is 3.03. The smallest absolute Gasteiger partial charge is 0.338 e. The summed E-state index contributed by atoms with van der Waals surface area (Å²) in [6, 6.07) is 10.3. The van der Waals surface area contributed by atoms with E-state index < -0.39 is 11.7 Å². The van der Waals surface area contributed by atoms with Crippen molar-refractivity contribution in [2.45, 2.75) is 19.6 Å². The fourth-order valence-electron chi connectivity index (χ4n) is 4.00. The Hall–Kier alpha value is -3.92. The summed E-state index contributed by atoms with van der Waals surface area (Å²) in [5.74, 6) is 0.920. The number of urea groups is 1. The van der Waals surface area contributed by atoms with Gasteiger partial charge in [-0.25, -0.2) is 14.8 Å². The molecule has 2 aromatic heterocycles. The lowest BCUT2D eigenvalue weighted by molar-refractivity contribution is -0.137. The zero-order chi connectivity index (χ0) is 24.9. The topological polar surface area (TPSA) is 78.0 Å². The van der Waals surface area contributed by atoms with Gasteiger partial charge < -0.3 is 4.98 Å². The van der Waals surface area contributed by atoms with Crippen LogP contribution in [0.2, 0.25) is 5.28 Å². The summed E-state index contributed by atoms with van der Waals surface area (Å²) >= 11 is 5.89. The van der Waals surface area contributed by atoms with Gasteiger partial charge in [-0.3, -0.25) is 9.80 Å². The lowest BCUT2D eigenvalue weighted by atomic mass is 10.1. The van der Waals surface area contributed by atoms with Crippen LogP contribution >= 0.6 is 11.6 Å². The number of hydrogen-bond acceptors (Lipinski definition) is 4. The minimum absolute atomic E-state index is 0.0596. The molecule has 0 bridgehead atoms. The molecule has 2 amide bonds. The number of H-pyrrole nitrogens is 1. The summed E-state index contributed by atoms with van der Waals surface area (Å²) in [7, 11) is 1.61. The number of halogens is 4. The van der Waals surface area contributed by atoms with Crippen molar-refractivity contribution in [3.8, 4) is 22.6 Å². The number of nitrogens with one attached hydrogen (secondary N) is 1. The Balaban J connectivity index is 1.49. The summed E-state index contributed by atoms with van der Waals surface area (Å²) < 4.78 is 39.3. The Morgan fingerprint density at radius 3 is 2.63 bits per heavy atom. The summed E-state index contributed by atoms with van der Waals surface area (Å²) in [5, 5.41) is 0.0596. The predicted molar refractivity (Wildman–Crippen MR) is 126 cm³/mol. The first-order chi connectivity index (χ1) is 16.6. The maximum absolute atomic E-state index is 13.1. The van der Waals surface area contributed by atoms with Crippen LogP contribution in [0.5, 0.6) is 0 Å². The highest BCUT2D eigenvalue weighted by atomic mass is 35.5. The van der Waals surface area contributed by atoms with Gasteiger partial charge in [0.15, 0.2) is 0 Å². The zero-order valence-electron chi connectivity index (χ0n) is 18.6. The number of fused-ring (bicyclic) bond motifs is 1. The van der Waals surface area contributed by atoms with Crippen LogP contribution in [0.3, 0.4) is 0 Å². The second-order valence-corrected chi connectivity index (χ2v) is 8.48. The number of carbonyl (C=O) groups excluding carboxylic acids is 1. The van der Waals surface area contributed by atoms with Crippen molar-refractivity contribution in [2.75, 3.05) is 16.8 Å². The molecule has 4 aromatic rings. The van der Waals surface area contributed by atoms with Gasteiger partial charge in [0, 0.05) is 35.6 Å². The van der Waals surface area contributed by atoms with Crippen LogP contribution in [-0.2, 0) is 12.7 Å². The number of aromatic amines is 1. The second-order valence-electron chi connectivity index (χ2n) is 8.14. The van der Waals surface area contributed by atoms with Crippen LogP contribution in [0.1, 0.15) is 16.7 Å². The van der Waals surface area contributed by atoms with E-state index in [1.807, 2.05) is 25.1 Å². The minimum atomic E-state index is -4.44. The van der Waals surface area contributed by atoms with Crippen molar-refractivity contribution in [2.24, 2.45) is 0 Å². The van der Waals surface area contributed by atoms with E-state index in [1.165, 1.54) is 17.2 Å². The Morgan fingerprint density at radius 1 is 1.06 bits per heavy atom. The van der Waals surface area contributed by atoms with Gasteiger partial charge in [0.2, 0.25) is 5.28 Å². The van der Waals surface area contributed by atoms with E-state index in [1.54, 1.807) is 24.2 Å². The van der Waals surface area contributed by atoms with E-state index in [4.69, 9.17) is 11.6 Å². The Bertz CT molecular complexity index is 1450. The first-order valence-electron chi connectivity index (χ1n) is 10.5. The number of nitrogens with zero attached hydrogens (tertiary/aromatic N) is 5. The van der Waals surface area contributed by atoms with Crippen molar-refractivity contribution in [3.63, 3.8) is 0 Å². The minimum Gasteiger partial charge on any atom is -0.338 e. The van der Waals surface area contributed by atoms with E-state index in [-0.39, 0.29) is 17.9 Å². The van der Waals surface area contributed by atoms with E-state index in [9.17, 15) is 18.0 Å². The Labute approximate surface area is 203 Å². The van der Waals surface area contributed by atoms with Gasteiger partial charge in [0.25, 0.3) is 0 Å². The number of aryl methyl sites for hydroxylation is 1. The van der Waals surface area contributed by atoms with Crippen molar-refractivity contribution < 1.29 is 18.0 Å². The molecule has 0 atom stereocenters. The van der Waals surface area contributed by atoms with Crippen LogP contribution < -0.4 is 9.80 Å². The van der Waals surface area contributed by atoms with Gasteiger partial charge in [0.1, 0.15) is 11.6 Å². The average molecular weight is 499 g/mol. The average Bonchev–Trinajstić information content (AvgIpc) is 3.32. The fraction of sp³-hybridized carbons (Fsp3) is 0.167. The maximum Gasteiger partial charge on any atom is 0.416 e. The normalized spacial score (nSPS) is 13.8.